The van der Waals surface area contributed by atoms with Crippen LogP contribution in [0.2, 0.25) is 0 Å². The van der Waals surface area contributed by atoms with E-state index in [-0.39, 0.29) is 10.9 Å². The maximum atomic E-state index is 15.1. The van der Waals surface area contributed by atoms with Gasteiger partial charge in [-0.1, -0.05) is 37.6 Å². The number of halogens is 2. The van der Waals surface area contributed by atoms with E-state index in [4.69, 9.17) is 4.74 Å². The van der Waals surface area contributed by atoms with Crippen LogP contribution in [0.4, 0.5) is 8.78 Å². The minimum Gasteiger partial charge on any atom is -0.494 e. The maximum absolute atomic E-state index is 15.1. The summed E-state index contributed by atoms with van der Waals surface area (Å²) in [5.74, 6) is -1.55. The minimum absolute atomic E-state index is 0.0917. The van der Waals surface area contributed by atoms with E-state index in [1.54, 1.807) is 24.3 Å². The lowest BCUT2D eigenvalue weighted by molar-refractivity contribution is 0.0699. The number of carbonyl (C=O) groups is 1. The second kappa shape index (κ2) is 9.14. The summed E-state index contributed by atoms with van der Waals surface area (Å²) in [6.07, 6.45) is 1.97. The number of hydrogen-bond donors (Lipinski definition) is 1. The van der Waals surface area contributed by atoms with Gasteiger partial charge in [-0.05, 0) is 54.4 Å². The number of hydrogen-bond acceptors (Lipinski definition) is 3. The minimum atomic E-state index is -1.21. The number of unbranched alkanes of at least 4 members (excludes halogenated alkanes) is 1. The lowest BCUT2D eigenvalue weighted by Gasteiger charge is -2.11. The molecule has 0 aliphatic carbocycles. The Bertz CT molecular complexity index is 1300. The fraction of sp³-hybridized carbons (Fsp3) is 0.154. The maximum Gasteiger partial charge on any atom is 0.336 e. The number of rotatable bonds is 7. The highest BCUT2D eigenvalue weighted by atomic mass is 19.1. The van der Waals surface area contributed by atoms with Crippen LogP contribution in [0.25, 0.3) is 33.3 Å². The van der Waals surface area contributed by atoms with Gasteiger partial charge in [0.25, 0.3) is 0 Å². The van der Waals surface area contributed by atoms with Gasteiger partial charge in [0.05, 0.1) is 23.4 Å². The summed E-state index contributed by atoms with van der Waals surface area (Å²) in [5.41, 5.74) is 2.03. The highest BCUT2D eigenvalue weighted by Crippen LogP contribution is 2.31. The van der Waals surface area contributed by atoms with Gasteiger partial charge >= 0.3 is 5.97 Å². The number of fused-ring (bicyclic) bond motifs is 1. The zero-order chi connectivity index (χ0) is 22.7. The van der Waals surface area contributed by atoms with Crippen LogP contribution in [0.5, 0.6) is 5.75 Å². The van der Waals surface area contributed by atoms with Crippen LogP contribution >= 0.6 is 0 Å². The first-order valence-corrected chi connectivity index (χ1v) is 10.3. The third kappa shape index (κ3) is 4.44. The number of nitrogens with zero attached hydrogens (tertiary/aromatic N) is 1. The second-order valence-corrected chi connectivity index (χ2v) is 7.45. The van der Waals surface area contributed by atoms with E-state index in [0.29, 0.717) is 40.3 Å². The van der Waals surface area contributed by atoms with Crippen molar-refractivity contribution >= 4 is 16.9 Å². The number of aromatic carboxylic acids is 1. The lowest BCUT2D eigenvalue weighted by Crippen LogP contribution is -2.01. The van der Waals surface area contributed by atoms with Crippen molar-refractivity contribution in [3.8, 4) is 28.1 Å². The standard InChI is InChI=1S/C26H21F2NO3/c1-2-3-11-32-19-6-4-5-16(12-19)20-9-7-17(13-23(20)28)25-15-22(26(30)31)21-14-18(27)8-10-24(21)29-25/h4-10,12-15H,2-3,11H2,1H3,(H,30,31). The molecule has 4 aromatic rings. The van der Waals surface area contributed by atoms with Gasteiger partial charge < -0.3 is 9.84 Å². The van der Waals surface area contributed by atoms with Crippen molar-refractivity contribution in [3.63, 3.8) is 0 Å². The van der Waals surface area contributed by atoms with Crippen LogP contribution in [-0.2, 0) is 0 Å². The van der Waals surface area contributed by atoms with Gasteiger partial charge in [0.1, 0.15) is 17.4 Å². The van der Waals surface area contributed by atoms with Crippen molar-refractivity contribution in [2.45, 2.75) is 19.8 Å². The van der Waals surface area contributed by atoms with Crippen LogP contribution in [0.15, 0.2) is 66.7 Å². The molecule has 162 valence electrons. The van der Waals surface area contributed by atoms with E-state index in [1.807, 2.05) is 12.1 Å². The van der Waals surface area contributed by atoms with Crippen LogP contribution in [-0.4, -0.2) is 22.7 Å². The zero-order valence-electron chi connectivity index (χ0n) is 17.4. The molecule has 0 saturated heterocycles. The van der Waals surface area contributed by atoms with Gasteiger partial charge in [-0.2, -0.15) is 0 Å². The first-order valence-electron chi connectivity index (χ1n) is 10.3. The quantitative estimate of drug-likeness (QED) is 0.329. The predicted molar refractivity (Wildman–Crippen MR) is 120 cm³/mol. The Morgan fingerprint density at radius 2 is 1.84 bits per heavy atom. The molecule has 0 fully saturated rings. The number of benzene rings is 3. The van der Waals surface area contributed by atoms with Gasteiger partial charge in [-0.3, -0.25) is 0 Å². The van der Waals surface area contributed by atoms with Crippen molar-refractivity contribution < 1.29 is 23.4 Å². The Balaban J connectivity index is 1.71. The third-order valence-corrected chi connectivity index (χ3v) is 5.18. The predicted octanol–water partition coefficient (Wildman–Crippen LogP) is 6.72. The molecule has 0 atom stereocenters. The summed E-state index contributed by atoms with van der Waals surface area (Å²) in [6.45, 7) is 2.68. The van der Waals surface area contributed by atoms with E-state index < -0.39 is 17.6 Å². The van der Waals surface area contributed by atoms with Crippen LogP contribution in [0.1, 0.15) is 30.1 Å². The zero-order valence-corrected chi connectivity index (χ0v) is 17.4. The topological polar surface area (TPSA) is 59.4 Å². The fourth-order valence-electron chi connectivity index (χ4n) is 3.52. The summed E-state index contributed by atoms with van der Waals surface area (Å²) in [6, 6.07) is 17.0. The van der Waals surface area contributed by atoms with Crippen molar-refractivity contribution in [2.75, 3.05) is 6.61 Å². The van der Waals surface area contributed by atoms with Gasteiger partial charge in [-0.15, -0.1) is 0 Å². The van der Waals surface area contributed by atoms with Gasteiger partial charge in [0.2, 0.25) is 0 Å². The molecule has 0 spiro atoms. The molecule has 0 radical (unpaired) electrons. The molecule has 6 heteroatoms. The average Bonchev–Trinajstić information content (AvgIpc) is 2.78. The molecule has 0 bridgehead atoms. The SMILES string of the molecule is CCCCOc1cccc(-c2ccc(-c3cc(C(=O)O)c4cc(F)ccc4n3)cc2F)c1. The normalized spacial score (nSPS) is 11.0. The average molecular weight is 433 g/mol. The summed E-state index contributed by atoms with van der Waals surface area (Å²) in [5, 5.41) is 9.75. The Morgan fingerprint density at radius 1 is 1.00 bits per heavy atom. The number of pyridine rings is 1. The summed E-state index contributed by atoms with van der Waals surface area (Å²) in [7, 11) is 0. The Kier molecular flexibility index (Phi) is 6.12. The molecule has 1 N–H and O–H groups in total. The molecular weight excluding hydrogens is 412 g/mol. The summed E-state index contributed by atoms with van der Waals surface area (Å²) in [4.78, 5) is 16.1. The smallest absolute Gasteiger partial charge is 0.336 e. The molecule has 4 rings (SSSR count). The number of carboxylic acid groups (broad SMARTS) is 1. The fourth-order valence-corrected chi connectivity index (χ4v) is 3.52. The molecule has 0 saturated carbocycles. The lowest BCUT2D eigenvalue weighted by atomic mass is 10.00. The highest BCUT2D eigenvalue weighted by molar-refractivity contribution is 6.03. The molecule has 0 unspecified atom stereocenters. The van der Waals surface area contributed by atoms with Crippen LogP contribution in [0, 0.1) is 11.6 Å². The molecule has 1 aromatic heterocycles. The summed E-state index contributed by atoms with van der Waals surface area (Å²) < 4.78 is 34.4. The van der Waals surface area contributed by atoms with E-state index in [1.165, 1.54) is 24.3 Å². The molecule has 3 aromatic carbocycles. The third-order valence-electron chi connectivity index (χ3n) is 5.18. The van der Waals surface area contributed by atoms with Gasteiger partial charge in [0, 0.05) is 16.5 Å². The van der Waals surface area contributed by atoms with E-state index >= 15 is 4.39 Å². The van der Waals surface area contributed by atoms with E-state index in [0.717, 1.165) is 18.9 Å². The van der Waals surface area contributed by atoms with Crippen molar-refractivity contribution in [3.05, 3.63) is 83.9 Å². The van der Waals surface area contributed by atoms with Crippen molar-refractivity contribution in [2.24, 2.45) is 0 Å². The molecule has 32 heavy (non-hydrogen) atoms. The molecule has 4 nitrogen and oxygen atoms in total. The first-order chi connectivity index (χ1) is 15.5. The van der Waals surface area contributed by atoms with Gasteiger partial charge in [0.15, 0.2) is 0 Å². The number of carboxylic acids is 1. The van der Waals surface area contributed by atoms with Crippen molar-refractivity contribution in [1.82, 2.24) is 4.98 Å². The highest BCUT2D eigenvalue weighted by Gasteiger charge is 2.15. The molecular formula is C26H21F2NO3. The van der Waals surface area contributed by atoms with Crippen molar-refractivity contribution in [1.29, 1.82) is 0 Å². The Labute approximate surface area is 184 Å². The van der Waals surface area contributed by atoms with Crippen LogP contribution in [0.3, 0.4) is 0 Å². The number of aromatic nitrogens is 1. The largest absolute Gasteiger partial charge is 0.494 e. The Hall–Kier alpha value is -3.80. The van der Waals surface area contributed by atoms with Crippen LogP contribution < -0.4 is 4.74 Å². The summed E-state index contributed by atoms with van der Waals surface area (Å²) >= 11 is 0. The first kappa shape index (κ1) is 21.4. The molecule has 0 aliphatic heterocycles. The molecule has 0 amide bonds. The second-order valence-electron chi connectivity index (χ2n) is 7.45. The number of ether oxygens (including phenoxy) is 1. The Morgan fingerprint density at radius 3 is 2.59 bits per heavy atom. The monoisotopic (exact) mass is 433 g/mol. The van der Waals surface area contributed by atoms with E-state index in [9.17, 15) is 14.3 Å². The van der Waals surface area contributed by atoms with Gasteiger partial charge in [-0.25, -0.2) is 18.6 Å². The van der Waals surface area contributed by atoms with E-state index in [2.05, 4.69) is 11.9 Å². The molecule has 1 heterocycles. The molecule has 0 aliphatic rings.